The van der Waals surface area contributed by atoms with E-state index in [-0.39, 0.29) is 36.4 Å². The summed E-state index contributed by atoms with van der Waals surface area (Å²) in [6, 6.07) is 9.93. The Morgan fingerprint density at radius 3 is 2.65 bits per heavy atom. The molecule has 0 bridgehead atoms. The Kier molecular flexibility index (Phi) is 7.76. The number of para-hydroxylation sites is 1. The number of hydrogen-bond acceptors (Lipinski definition) is 4. The number of amides is 2. The molecule has 0 unspecified atom stereocenters. The van der Waals surface area contributed by atoms with Crippen LogP contribution >= 0.6 is 11.3 Å². The van der Waals surface area contributed by atoms with E-state index in [4.69, 9.17) is 4.74 Å². The fourth-order valence-electron chi connectivity index (χ4n) is 4.00. The largest absolute Gasteiger partial charge is 0.491 e. The van der Waals surface area contributed by atoms with Gasteiger partial charge in [-0.3, -0.25) is 9.59 Å². The normalized spacial score (nSPS) is 16.7. The topological polar surface area (TPSA) is 49.9 Å². The summed E-state index contributed by atoms with van der Waals surface area (Å²) in [4.78, 5) is 31.2. The monoisotopic (exact) mass is 442 g/mol. The second-order valence-electron chi connectivity index (χ2n) is 8.61. The van der Waals surface area contributed by atoms with Crippen molar-refractivity contribution >= 4 is 23.2 Å². The molecule has 1 aromatic carbocycles. The van der Waals surface area contributed by atoms with Crippen LogP contribution in [0, 0.1) is 12.8 Å². The van der Waals surface area contributed by atoms with Crippen LogP contribution in [-0.4, -0.2) is 47.4 Å². The van der Waals surface area contributed by atoms with E-state index in [1.807, 2.05) is 63.8 Å². The van der Waals surface area contributed by atoms with Gasteiger partial charge >= 0.3 is 0 Å². The molecule has 0 spiro atoms. The summed E-state index contributed by atoms with van der Waals surface area (Å²) in [6.07, 6.45) is 1.67. The van der Waals surface area contributed by atoms with E-state index in [2.05, 4.69) is 11.4 Å². The Hall–Kier alpha value is -2.34. The van der Waals surface area contributed by atoms with Gasteiger partial charge in [-0.2, -0.15) is 0 Å². The van der Waals surface area contributed by atoms with E-state index in [0.29, 0.717) is 13.2 Å². The number of rotatable bonds is 8. The van der Waals surface area contributed by atoms with Crippen molar-refractivity contribution in [2.45, 2.75) is 59.5 Å². The van der Waals surface area contributed by atoms with Crippen molar-refractivity contribution in [3.05, 3.63) is 51.7 Å². The van der Waals surface area contributed by atoms with E-state index >= 15 is 0 Å². The van der Waals surface area contributed by atoms with Gasteiger partial charge in [0.2, 0.25) is 11.8 Å². The average Bonchev–Trinajstić information content (AvgIpc) is 3.24. The summed E-state index contributed by atoms with van der Waals surface area (Å²) in [6.45, 7) is 11.0. The molecule has 31 heavy (non-hydrogen) atoms. The lowest BCUT2D eigenvalue weighted by Gasteiger charge is -2.38. The number of carbonyl (C=O) groups excluding carboxylic acids is 2. The minimum absolute atomic E-state index is 0.00969. The first-order valence-electron chi connectivity index (χ1n) is 11.2. The second kappa shape index (κ2) is 10.3. The maximum Gasteiger partial charge on any atom is 0.242 e. The SMILES string of the molecule is CC[C@H](C)N(CC(=O)N1CCc2sccc2[C@H]1COc1ccccc1C)C(=O)C(C)C. The molecule has 0 N–H and O–H groups in total. The second-order valence-corrected chi connectivity index (χ2v) is 9.61. The fraction of sp³-hybridized carbons (Fsp3) is 0.520. The third kappa shape index (κ3) is 5.29. The van der Waals surface area contributed by atoms with E-state index in [1.165, 1.54) is 10.4 Å². The molecule has 168 valence electrons. The predicted molar refractivity (Wildman–Crippen MR) is 125 cm³/mol. The standard InChI is InChI=1S/C25H34N2O3S/c1-6-19(5)27(25(29)17(2)3)15-24(28)26-13-11-23-20(12-14-31-23)21(26)16-30-22-10-8-7-9-18(22)4/h7-10,12,14,17,19,21H,6,11,13,15-16H2,1-5H3/t19-,21+/m0/s1. The lowest BCUT2D eigenvalue weighted by atomic mass is 10.00. The van der Waals surface area contributed by atoms with Crippen molar-refractivity contribution in [3.8, 4) is 5.75 Å². The smallest absolute Gasteiger partial charge is 0.242 e. The zero-order chi connectivity index (χ0) is 22.5. The summed E-state index contributed by atoms with van der Waals surface area (Å²) in [7, 11) is 0. The van der Waals surface area contributed by atoms with Gasteiger partial charge in [0.05, 0.1) is 6.04 Å². The molecule has 2 amide bonds. The van der Waals surface area contributed by atoms with Crippen molar-refractivity contribution in [1.29, 1.82) is 0 Å². The molecule has 6 heteroatoms. The van der Waals surface area contributed by atoms with E-state index < -0.39 is 0 Å². The molecule has 2 heterocycles. The van der Waals surface area contributed by atoms with Crippen molar-refractivity contribution in [1.82, 2.24) is 9.80 Å². The zero-order valence-electron chi connectivity index (χ0n) is 19.3. The van der Waals surface area contributed by atoms with Crippen LogP contribution in [0.1, 0.15) is 56.2 Å². The van der Waals surface area contributed by atoms with Gasteiger partial charge in [0.1, 0.15) is 18.9 Å². The van der Waals surface area contributed by atoms with Crippen LogP contribution in [0.25, 0.3) is 0 Å². The van der Waals surface area contributed by atoms with E-state index in [1.54, 1.807) is 16.2 Å². The molecule has 5 nitrogen and oxygen atoms in total. The zero-order valence-corrected chi connectivity index (χ0v) is 20.1. The molecule has 2 aromatic rings. The van der Waals surface area contributed by atoms with Crippen LogP contribution in [0.5, 0.6) is 5.75 Å². The number of nitrogens with zero attached hydrogens (tertiary/aromatic N) is 2. The lowest BCUT2D eigenvalue weighted by Crippen LogP contribution is -2.50. The third-order valence-electron chi connectivity index (χ3n) is 6.11. The van der Waals surface area contributed by atoms with Gasteiger partial charge in [-0.15, -0.1) is 11.3 Å². The number of ether oxygens (including phenoxy) is 1. The maximum atomic E-state index is 13.5. The van der Waals surface area contributed by atoms with Gasteiger partial charge in [0.25, 0.3) is 0 Å². The quantitative estimate of drug-likeness (QED) is 0.588. The van der Waals surface area contributed by atoms with Crippen LogP contribution in [0.2, 0.25) is 0 Å². The van der Waals surface area contributed by atoms with Crippen molar-refractivity contribution < 1.29 is 14.3 Å². The van der Waals surface area contributed by atoms with Crippen molar-refractivity contribution in [2.24, 2.45) is 5.92 Å². The van der Waals surface area contributed by atoms with Crippen molar-refractivity contribution in [2.75, 3.05) is 19.7 Å². The summed E-state index contributed by atoms with van der Waals surface area (Å²) < 4.78 is 6.17. The average molecular weight is 443 g/mol. The Labute approximate surface area is 190 Å². The number of hydrogen-bond donors (Lipinski definition) is 0. The van der Waals surface area contributed by atoms with Crippen molar-refractivity contribution in [3.63, 3.8) is 0 Å². The first kappa shape index (κ1) is 23.3. The number of thiophene rings is 1. The molecule has 3 rings (SSSR count). The molecule has 1 aliphatic rings. The summed E-state index contributed by atoms with van der Waals surface area (Å²) in [5.74, 6) is 0.730. The molecular weight excluding hydrogens is 408 g/mol. The Balaban J connectivity index is 1.81. The first-order valence-corrected chi connectivity index (χ1v) is 12.1. The number of benzene rings is 1. The van der Waals surface area contributed by atoms with Gasteiger partial charge in [-0.25, -0.2) is 0 Å². The lowest BCUT2D eigenvalue weighted by molar-refractivity contribution is -0.146. The number of carbonyl (C=O) groups is 2. The van der Waals surface area contributed by atoms with Crippen LogP contribution in [0.15, 0.2) is 35.7 Å². The summed E-state index contributed by atoms with van der Waals surface area (Å²) >= 11 is 1.74. The molecule has 2 atom stereocenters. The minimum atomic E-state index is -0.143. The predicted octanol–water partition coefficient (Wildman–Crippen LogP) is 4.84. The minimum Gasteiger partial charge on any atom is -0.491 e. The van der Waals surface area contributed by atoms with Gasteiger partial charge < -0.3 is 14.5 Å². The Morgan fingerprint density at radius 1 is 1.23 bits per heavy atom. The Bertz CT molecular complexity index is 908. The first-order chi connectivity index (χ1) is 14.8. The molecule has 0 aliphatic carbocycles. The highest BCUT2D eigenvalue weighted by atomic mass is 32.1. The molecule has 1 aliphatic heterocycles. The highest BCUT2D eigenvalue weighted by Gasteiger charge is 2.34. The summed E-state index contributed by atoms with van der Waals surface area (Å²) in [5.41, 5.74) is 2.25. The van der Waals surface area contributed by atoms with Crippen LogP contribution in [0.3, 0.4) is 0 Å². The van der Waals surface area contributed by atoms with E-state index in [9.17, 15) is 9.59 Å². The highest BCUT2D eigenvalue weighted by Crippen LogP contribution is 2.34. The summed E-state index contributed by atoms with van der Waals surface area (Å²) in [5, 5.41) is 2.09. The molecule has 1 aromatic heterocycles. The van der Waals surface area contributed by atoms with Crippen LogP contribution in [0.4, 0.5) is 0 Å². The van der Waals surface area contributed by atoms with Gasteiger partial charge in [0, 0.05) is 23.4 Å². The molecule has 0 fully saturated rings. The number of fused-ring (bicyclic) bond motifs is 1. The molecule has 0 saturated heterocycles. The van der Waals surface area contributed by atoms with Gasteiger partial charge in [-0.1, -0.05) is 39.0 Å². The Morgan fingerprint density at radius 2 is 1.97 bits per heavy atom. The number of aryl methyl sites for hydroxylation is 1. The molecule has 0 saturated carbocycles. The maximum absolute atomic E-state index is 13.5. The highest BCUT2D eigenvalue weighted by molar-refractivity contribution is 7.10. The van der Waals surface area contributed by atoms with E-state index in [0.717, 1.165) is 24.2 Å². The third-order valence-corrected chi connectivity index (χ3v) is 7.11. The molecule has 0 radical (unpaired) electrons. The van der Waals surface area contributed by atoms with Crippen LogP contribution < -0.4 is 4.74 Å². The van der Waals surface area contributed by atoms with Gasteiger partial charge in [0.15, 0.2) is 0 Å². The van der Waals surface area contributed by atoms with Crippen LogP contribution in [-0.2, 0) is 16.0 Å². The van der Waals surface area contributed by atoms with Gasteiger partial charge in [-0.05, 0) is 55.3 Å². The molecular formula is C25H34N2O3S. The fourth-order valence-corrected chi connectivity index (χ4v) is 4.93.